The van der Waals surface area contributed by atoms with E-state index in [2.05, 4.69) is 30.1 Å². The Balaban J connectivity index is 0.00000512. The molecule has 4 fully saturated rings. The number of ketones is 1. The zero-order valence-corrected chi connectivity index (χ0v) is 58.8. The van der Waals surface area contributed by atoms with Crippen molar-refractivity contribution in [1.29, 1.82) is 0 Å². The van der Waals surface area contributed by atoms with E-state index in [9.17, 15) is 28.2 Å². The van der Waals surface area contributed by atoms with Crippen molar-refractivity contribution in [2.45, 2.75) is 238 Å². The number of cyclic esters (lactones) is 1. The highest BCUT2D eigenvalue weighted by Gasteiger charge is 2.53. The van der Waals surface area contributed by atoms with E-state index in [0.717, 1.165) is 0 Å². The number of aromatic nitrogens is 2. The van der Waals surface area contributed by atoms with Crippen molar-refractivity contribution in [3.05, 3.63) is 23.5 Å². The van der Waals surface area contributed by atoms with Gasteiger partial charge in [-0.05, 0) is 86.8 Å². The van der Waals surface area contributed by atoms with Crippen LogP contribution in [0.15, 0.2) is 28.5 Å². The number of halogens is 1. The summed E-state index contributed by atoms with van der Waals surface area (Å²) in [4.78, 5) is 83.1. The van der Waals surface area contributed by atoms with Gasteiger partial charge < -0.3 is 87.5 Å². The number of methoxy groups -OCH3 is 2. The molecule has 1 amide bonds. The molecule has 0 aromatic carbocycles. The minimum atomic E-state index is -4.29. The number of ether oxygens (including phenoxy) is 11. The molecule has 0 spiro atoms. The molecule has 28 nitrogen and oxygen atoms in total. The molecule has 4 aliphatic rings. The van der Waals surface area contributed by atoms with Crippen LogP contribution in [0.1, 0.15) is 130 Å². The number of amides is 1. The molecule has 30 heteroatoms. The van der Waals surface area contributed by atoms with Gasteiger partial charge in [0, 0.05) is 82.8 Å². The van der Waals surface area contributed by atoms with Crippen LogP contribution in [0.4, 0.5) is 4.79 Å². The summed E-state index contributed by atoms with van der Waals surface area (Å²) < 4.78 is 101. The molecule has 6 N–H and O–H groups in total. The number of likely N-dealkylation sites (N-methyl/N-ethyl adjacent to an activating group) is 1. The van der Waals surface area contributed by atoms with Crippen molar-refractivity contribution < 1.29 is 105 Å². The minimum Gasteiger partial charge on any atom is -0.483 e. The molecule has 0 radical (unpaired) electrons. The number of Topliss-reactive ketones (excluding diaryl/α,β-unsaturated/α-hetero) is 1. The lowest BCUT2D eigenvalue weighted by atomic mass is 9.74. The third-order valence-corrected chi connectivity index (χ3v) is 19.6. The number of sulfonamides is 1. The number of hydrogen-bond donors (Lipinski definition) is 6. The van der Waals surface area contributed by atoms with Crippen molar-refractivity contribution in [3.63, 3.8) is 0 Å². The number of oxime groups is 1. The van der Waals surface area contributed by atoms with Gasteiger partial charge in [0.15, 0.2) is 30.3 Å². The Labute approximate surface area is 551 Å². The van der Waals surface area contributed by atoms with Crippen LogP contribution in [0.25, 0.3) is 11.0 Å². The van der Waals surface area contributed by atoms with Crippen LogP contribution in [0.3, 0.4) is 0 Å². The summed E-state index contributed by atoms with van der Waals surface area (Å²) in [5.41, 5.74) is -3.07. The third-order valence-electron chi connectivity index (χ3n) is 17.8. The minimum absolute atomic E-state index is 0.0382. The molecule has 0 bridgehead atoms. The number of carbonyl (C=O) groups excluding carboxylic acids is 4. The van der Waals surface area contributed by atoms with Gasteiger partial charge in [0.1, 0.15) is 54.3 Å². The molecule has 93 heavy (non-hydrogen) atoms. The van der Waals surface area contributed by atoms with Crippen LogP contribution in [-0.2, 0) is 86.1 Å². The predicted octanol–water partition coefficient (Wildman–Crippen LogP) is 5.99. The van der Waals surface area contributed by atoms with E-state index < -0.39 is 160 Å². The Kier molecular flexibility index (Phi) is 29.3. The summed E-state index contributed by atoms with van der Waals surface area (Å²) in [6, 6.07) is 1.42. The Morgan fingerprint density at radius 3 is 2.20 bits per heavy atom. The average Bonchev–Trinajstić information content (AvgIpc) is 1.54. The number of aliphatic hydroxyl groups is 2. The number of nitrogens with zero attached hydrogens (tertiary/aromatic N) is 3. The molecule has 2 aromatic rings. The molecule has 2 unspecified atom stereocenters. The van der Waals surface area contributed by atoms with Gasteiger partial charge in [-0.3, -0.25) is 19.2 Å². The second-order valence-corrected chi connectivity index (χ2v) is 28.9. The molecule has 4 aliphatic heterocycles. The first-order valence-electron chi connectivity index (χ1n) is 31.7. The second kappa shape index (κ2) is 34.5. The van der Waals surface area contributed by atoms with E-state index in [-0.39, 0.29) is 83.6 Å². The summed E-state index contributed by atoms with van der Waals surface area (Å²) in [7, 11) is 1.92. The molecule has 6 heterocycles. The highest BCUT2D eigenvalue weighted by molar-refractivity contribution is 7.89. The monoisotopic (exact) mass is 1360 g/mol. The summed E-state index contributed by atoms with van der Waals surface area (Å²) in [6.07, 6.45) is -12.3. The fraction of sp³-hybridized carbons (Fsp3) is 0.794. The summed E-state index contributed by atoms with van der Waals surface area (Å²) in [5.74, 6) is -8.28. The largest absolute Gasteiger partial charge is 0.483 e. The molecule has 22 atom stereocenters. The van der Waals surface area contributed by atoms with Crippen molar-refractivity contribution in [1.82, 2.24) is 24.9 Å². The van der Waals surface area contributed by atoms with Crippen LogP contribution in [0.2, 0.25) is 5.02 Å². The van der Waals surface area contributed by atoms with Gasteiger partial charge in [-0.25, -0.2) is 22.9 Å². The molecule has 2 aromatic heterocycles. The topological polar surface area (TPSA) is 359 Å². The normalized spacial score (nSPS) is 35.5. The molecule has 4 saturated heterocycles. The van der Waals surface area contributed by atoms with E-state index in [0.29, 0.717) is 13.0 Å². The Hall–Kier alpha value is -4.73. The molecule has 0 aliphatic carbocycles. The number of rotatable bonds is 20. The van der Waals surface area contributed by atoms with Crippen LogP contribution in [0.5, 0.6) is 0 Å². The van der Waals surface area contributed by atoms with E-state index in [1.165, 1.54) is 46.7 Å². The Morgan fingerprint density at radius 2 is 1.58 bits per heavy atom. The maximum absolute atomic E-state index is 16.1. The maximum atomic E-state index is 16.1. The number of nitrogens with one attached hydrogen (secondary N) is 3. The van der Waals surface area contributed by atoms with Crippen LogP contribution < -0.4 is 10.0 Å². The molecule has 530 valence electrons. The zero-order chi connectivity index (χ0) is 69.8. The number of alkyl carbamates (subject to hydrolysis) is 1. The van der Waals surface area contributed by atoms with Crippen LogP contribution in [-0.4, -0.2) is 226 Å². The quantitative estimate of drug-likeness (QED) is 0.0383. The predicted molar refractivity (Wildman–Crippen MR) is 339 cm³/mol. The first-order valence-corrected chi connectivity index (χ1v) is 33.6. The van der Waals surface area contributed by atoms with Crippen molar-refractivity contribution >= 4 is 68.7 Å². The fourth-order valence-electron chi connectivity index (χ4n) is 12.9. The highest BCUT2D eigenvalue weighted by Crippen LogP contribution is 2.41. The van der Waals surface area contributed by atoms with Gasteiger partial charge in [0.25, 0.3) is 6.47 Å². The summed E-state index contributed by atoms with van der Waals surface area (Å²) >= 11 is 6.43. The van der Waals surface area contributed by atoms with Gasteiger partial charge >= 0.3 is 18.0 Å². The first kappa shape index (κ1) is 79.0. The smallest absolute Gasteiger partial charge is 0.408 e. The number of pyridine rings is 1. The van der Waals surface area contributed by atoms with E-state index in [4.69, 9.17) is 78.4 Å². The second-order valence-electron chi connectivity index (χ2n) is 26.8. The lowest BCUT2D eigenvalue weighted by Gasteiger charge is -2.45. The Morgan fingerprint density at radius 1 is 0.925 bits per heavy atom. The van der Waals surface area contributed by atoms with Gasteiger partial charge in [-0.15, -0.1) is 0 Å². The van der Waals surface area contributed by atoms with Gasteiger partial charge in [-0.1, -0.05) is 65.2 Å². The van der Waals surface area contributed by atoms with Crippen molar-refractivity contribution in [2.24, 2.45) is 46.6 Å². The average molecular weight is 1360 g/mol. The van der Waals surface area contributed by atoms with E-state index >= 15 is 9.59 Å². The standard InChI is InChI=1S/C62H101ClN6O20S.CH2O2/c1-30(2)22-44(70)85-51-37(9)50(32(4)28-81-59-54(79-18)53(78-17)47(71)40(12)84-59)87-57(74)39(11)52(86-45-23-33(5)69(16)27-35(7)82-45)36(8)49(88-58-48(72)42(68-80-19)24-34(6)83-58)31(3)25-62(15,55(73)38(51)10)89-60(75)67-61(13,14)29-66-90(76,77)43-26-65-56-46(43)41(63)20-21-64-56;2-1-3/h20-21,26,30-40,45,47-54,58-59,66,71-72H,22-25,27-29H2,1-19H3,(H,64,65)(H,67,75);1H,(H,2,3)/b68-42+;/t31-,32-,33?,34+,35-,36+,37-,38+,39+,40+,45-,47+,48+,49-,50+,51+,52-,53+,54+,58?,59+,62-;/m0./s1. The molecular weight excluding hydrogens is 1260 g/mol. The summed E-state index contributed by atoms with van der Waals surface area (Å²) in [6.45, 7) is 25.7. The van der Waals surface area contributed by atoms with E-state index in [1.54, 1.807) is 62.3 Å². The number of aliphatic hydroxyl groups excluding tert-OH is 2. The fourth-order valence-corrected chi connectivity index (χ4v) is 14.6. The number of carboxylic acid groups (broad SMARTS) is 1. The maximum Gasteiger partial charge on any atom is 0.408 e. The lowest BCUT2D eigenvalue weighted by Crippen LogP contribution is -2.59. The Bertz CT molecular complexity index is 2920. The number of fused-ring (bicyclic) bond motifs is 1. The number of hydrogen-bond acceptors (Lipinski definition) is 24. The highest BCUT2D eigenvalue weighted by atomic mass is 35.5. The number of esters is 2. The number of aromatic amines is 1. The van der Waals surface area contributed by atoms with E-state index in [1.807, 2.05) is 41.7 Å². The SMILES string of the molecule is CO/N=C1\C[C@@H](C)OC(O[C@@H]2[C@@H](C)[C@H](O[C@H]3CC(C)N(C)C[C@H](C)O3)[C@@H](C)C(=O)O[C@H]([C@@H](C)CO[C@@H]3O[C@H](C)[C@@H](O)[C@@H](OC)[C@H]3OC)[C@H](C)[C@@H](OC(=O)CC(C)C)[C@@H](C)C(=O)[C@@](C)(OC(=O)NC(C)(C)CNS(=O)(=O)c3c[nH]c4nccc(Cl)c34)C[C@@H]2C)[C@@H]1O.O=CO. The zero-order valence-electron chi connectivity index (χ0n) is 57.2. The summed E-state index contributed by atoms with van der Waals surface area (Å²) in [5, 5.41) is 37.0. The van der Waals surface area contributed by atoms with Crippen LogP contribution in [0, 0.1) is 41.4 Å². The molecule has 6 rings (SSSR count). The number of H-pyrrole nitrogens is 1. The third kappa shape index (κ3) is 20.4. The van der Waals surface area contributed by atoms with Crippen LogP contribution >= 0.6 is 11.6 Å². The van der Waals surface area contributed by atoms with Crippen molar-refractivity contribution in [2.75, 3.05) is 48.1 Å². The van der Waals surface area contributed by atoms with Gasteiger partial charge in [-0.2, -0.15) is 0 Å². The number of carbonyl (C=O) groups is 5. The lowest BCUT2D eigenvalue weighted by molar-refractivity contribution is -0.305. The van der Waals surface area contributed by atoms with Crippen molar-refractivity contribution in [3.8, 4) is 0 Å². The first-order chi connectivity index (χ1) is 43.5. The molecule has 0 saturated carbocycles. The van der Waals surface area contributed by atoms with Gasteiger partial charge in [0.2, 0.25) is 10.0 Å². The van der Waals surface area contributed by atoms with Gasteiger partial charge in [0.05, 0.1) is 70.6 Å². The molecular formula is C63H103ClN6O22S.